The molecule has 11 nitrogen and oxygen atoms in total. The predicted molar refractivity (Wildman–Crippen MR) is 127 cm³/mol. The summed E-state index contributed by atoms with van der Waals surface area (Å²) in [4.78, 5) is 35.8. The van der Waals surface area contributed by atoms with E-state index >= 15 is 0 Å². The van der Waals surface area contributed by atoms with Gasteiger partial charge in [0.1, 0.15) is 11.7 Å². The van der Waals surface area contributed by atoms with Gasteiger partial charge >= 0.3 is 12.4 Å². The second kappa shape index (κ2) is 11.6. The number of aliphatic hydroxyl groups is 1. The van der Waals surface area contributed by atoms with E-state index in [9.17, 15) is 41.0 Å². The summed E-state index contributed by atoms with van der Waals surface area (Å²) in [6.07, 6.45) is -7.97. The molecule has 0 radical (unpaired) electrons. The third-order valence-electron chi connectivity index (χ3n) is 6.88. The molecule has 0 saturated carbocycles. The van der Waals surface area contributed by atoms with Crippen LogP contribution < -0.4 is 15.8 Å². The zero-order valence-electron chi connectivity index (χ0n) is 21.2. The fourth-order valence-electron chi connectivity index (χ4n) is 4.71. The summed E-state index contributed by atoms with van der Waals surface area (Å²) in [7, 11) is 0. The first-order valence-electron chi connectivity index (χ1n) is 12.4. The van der Waals surface area contributed by atoms with Crippen molar-refractivity contribution in [2.45, 2.75) is 62.8 Å². The van der Waals surface area contributed by atoms with Crippen LogP contribution in [0.1, 0.15) is 37.3 Å². The largest absolute Gasteiger partial charge is 0.423 e. The van der Waals surface area contributed by atoms with E-state index in [-0.39, 0.29) is 24.5 Å². The summed E-state index contributed by atoms with van der Waals surface area (Å²) in [6, 6.07) is -1.23. The Balaban J connectivity index is 1.32. The minimum absolute atomic E-state index is 0.144. The molecule has 17 heteroatoms. The maximum Gasteiger partial charge on any atom is 0.423 e. The van der Waals surface area contributed by atoms with Crippen LogP contribution in [-0.2, 0) is 21.9 Å². The van der Waals surface area contributed by atoms with Gasteiger partial charge < -0.3 is 25.0 Å². The van der Waals surface area contributed by atoms with Crippen molar-refractivity contribution in [2.24, 2.45) is 0 Å². The number of aromatic nitrogens is 4. The first-order chi connectivity index (χ1) is 18.8. The number of aliphatic hydroxyl groups excluding tert-OH is 1. The lowest BCUT2D eigenvalue weighted by atomic mass is 10.0. The molecular formula is C23H27F6N7O4. The van der Waals surface area contributed by atoms with E-state index < -0.39 is 53.0 Å². The fraction of sp³-hybridized carbons (Fsp3) is 0.609. The van der Waals surface area contributed by atoms with Crippen molar-refractivity contribution in [3.05, 3.63) is 40.1 Å². The van der Waals surface area contributed by atoms with Crippen molar-refractivity contribution in [3.63, 3.8) is 0 Å². The number of ether oxygens (including phenoxy) is 1. The van der Waals surface area contributed by atoms with Crippen LogP contribution >= 0.6 is 0 Å². The van der Waals surface area contributed by atoms with E-state index in [4.69, 9.17) is 4.74 Å². The van der Waals surface area contributed by atoms with E-state index in [0.29, 0.717) is 38.9 Å². The lowest BCUT2D eigenvalue weighted by molar-refractivity contribution is -0.140. The monoisotopic (exact) mass is 579 g/mol. The number of amides is 1. The predicted octanol–water partition coefficient (Wildman–Crippen LogP) is 2.05. The maximum absolute atomic E-state index is 13.4. The Morgan fingerprint density at radius 2 is 1.70 bits per heavy atom. The van der Waals surface area contributed by atoms with E-state index in [2.05, 4.69) is 20.4 Å². The van der Waals surface area contributed by atoms with Crippen molar-refractivity contribution >= 4 is 17.5 Å². The molecule has 0 aliphatic carbocycles. The highest BCUT2D eigenvalue weighted by Crippen LogP contribution is 2.32. The number of halogens is 6. The molecule has 4 rings (SSSR count). The van der Waals surface area contributed by atoms with Crippen molar-refractivity contribution in [2.75, 3.05) is 36.5 Å². The highest BCUT2D eigenvalue weighted by molar-refractivity contribution is 5.83. The van der Waals surface area contributed by atoms with Crippen LogP contribution in [0.2, 0.25) is 0 Å². The van der Waals surface area contributed by atoms with Crippen LogP contribution in [0.5, 0.6) is 0 Å². The van der Waals surface area contributed by atoms with Crippen molar-refractivity contribution in [1.82, 2.24) is 25.1 Å². The summed E-state index contributed by atoms with van der Waals surface area (Å²) >= 11 is 0. The quantitative estimate of drug-likeness (QED) is 0.402. The zero-order chi connectivity index (χ0) is 29.2. The lowest BCUT2D eigenvalue weighted by Crippen LogP contribution is -2.47. The minimum atomic E-state index is -4.97. The van der Waals surface area contributed by atoms with Gasteiger partial charge in [-0.05, 0) is 19.8 Å². The molecule has 2 aliphatic heterocycles. The molecule has 2 aliphatic rings. The van der Waals surface area contributed by atoms with Crippen molar-refractivity contribution in [1.29, 1.82) is 0 Å². The number of H-pyrrole nitrogens is 1. The molecule has 2 fully saturated rings. The van der Waals surface area contributed by atoms with Gasteiger partial charge in [0.05, 0.1) is 36.2 Å². The van der Waals surface area contributed by atoms with Crippen LogP contribution in [0.25, 0.3) is 0 Å². The lowest BCUT2D eigenvalue weighted by Gasteiger charge is -2.36. The number of aromatic amines is 1. The third kappa shape index (κ3) is 6.63. The molecule has 0 aromatic carbocycles. The Kier molecular flexibility index (Phi) is 8.53. The number of likely N-dealkylation sites (tertiary alicyclic amines) is 1. The molecule has 220 valence electrons. The van der Waals surface area contributed by atoms with E-state index in [1.807, 2.05) is 0 Å². The summed E-state index contributed by atoms with van der Waals surface area (Å²) in [5.41, 5.74) is -4.51. The SMILES string of the molecule is CC(O)C(CO[C@@H]1CCN(C2CCN(c3ncc(C(F)(F)F)cn3)CC2)C1=O)Nc1cn[nH]c(=O)c1C(F)(F)F. The maximum atomic E-state index is 13.4. The Labute approximate surface area is 223 Å². The minimum Gasteiger partial charge on any atom is -0.391 e. The molecule has 40 heavy (non-hydrogen) atoms. The standard InChI is InChI=1S/C23H27F6N7O4/c1-12(37)16(33-15-10-32-34-19(38)18(15)23(27,28)29)11-40-17-4-7-36(20(17)39)14-2-5-35(6-3-14)21-30-8-13(9-31-21)22(24,25)26/h8-10,12,14,16-17,37H,2-7,11H2,1H3,(H2,33,34,38)/t12?,16?,17-/m1/s1. The zero-order valence-corrected chi connectivity index (χ0v) is 21.2. The number of hydrogen-bond donors (Lipinski definition) is 3. The average molecular weight is 580 g/mol. The molecule has 2 saturated heterocycles. The summed E-state index contributed by atoms with van der Waals surface area (Å²) in [5, 5.41) is 17.7. The summed E-state index contributed by atoms with van der Waals surface area (Å²) in [5.74, 6) is -0.135. The van der Waals surface area contributed by atoms with Gasteiger partial charge in [-0.2, -0.15) is 31.4 Å². The number of nitrogens with zero attached hydrogens (tertiary/aromatic N) is 5. The normalized spacial score (nSPS) is 20.6. The number of alkyl halides is 6. The van der Waals surface area contributed by atoms with Gasteiger partial charge in [0.15, 0.2) is 0 Å². The molecule has 0 bridgehead atoms. The van der Waals surface area contributed by atoms with Crippen LogP contribution in [0.15, 0.2) is 23.4 Å². The van der Waals surface area contributed by atoms with Crippen LogP contribution in [0.3, 0.4) is 0 Å². The van der Waals surface area contributed by atoms with Crippen LogP contribution in [0.4, 0.5) is 38.0 Å². The molecule has 2 unspecified atom stereocenters. The summed E-state index contributed by atoms with van der Waals surface area (Å²) in [6.45, 7) is 2.23. The Morgan fingerprint density at radius 3 is 2.27 bits per heavy atom. The van der Waals surface area contributed by atoms with Gasteiger partial charge in [-0.15, -0.1) is 0 Å². The van der Waals surface area contributed by atoms with E-state index in [0.717, 1.165) is 18.6 Å². The number of nitrogens with one attached hydrogen (secondary N) is 2. The molecule has 3 atom stereocenters. The van der Waals surface area contributed by atoms with Gasteiger partial charge in [-0.1, -0.05) is 0 Å². The van der Waals surface area contributed by atoms with Gasteiger partial charge in [0.2, 0.25) is 5.95 Å². The van der Waals surface area contributed by atoms with Gasteiger partial charge in [-0.3, -0.25) is 9.59 Å². The highest BCUT2D eigenvalue weighted by Gasteiger charge is 2.40. The molecular weight excluding hydrogens is 552 g/mol. The van der Waals surface area contributed by atoms with Gasteiger partial charge in [-0.25, -0.2) is 15.1 Å². The number of carbonyl (C=O) groups is 1. The van der Waals surface area contributed by atoms with Crippen LogP contribution in [0, 0.1) is 0 Å². The van der Waals surface area contributed by atoms with Crippen LogP contribution in [-0.4, -0.2) is 86.6 Å². The molecule has 1 amide bonds. The second-order valence-electron chi connectivity index (χ2n) is 9.61. The summed E-state index contributed by atoms with van der Waals surface area (Å²) < 4.78 is 84.0. The molecule has 2 aromatic rings. The Hall–Kier alpha value is -3.47. The van der Waals surface area contributed by atoms with E-state index in [1.165, 1.54) is 6.92 Å². The molecule has 3 N–H and O–H groups in total. The van der Waals surface area contributed by atoms with Gasteiger partial charge in [0.25, 0.3) is 11.5 Å². The first-order valence-corrected chi connectivity index (χ1v) is 12.4. The first kappa shape index (κ1) is 29.5. The number of piperidine rings is 1. The molecule has 4 heterocycles. The Morgan fingerprint density at radius 1 is 1.05 bits per heavy atom. The topological polar surface area (TPSA) is 137 Å². The fourth-order valence-corrected chi connectivity index (χ4v) is 4.71. The smallest absolute Gasteiger partial charge is 0.391 e. The average Bonchev–Trinajstić information content (AvgIpc) is 3.25. The number of carbonyl (C=O) groups excluding carboxylic acids is 1. The number of rotatable bonds is 8. The Bertz CT molecular complexity index is 1230. The highest BCUT2D eigenvalue weighted by atomic mass is 19.4. The number of anilines is 2. The molecule has 0 spiro atoms. The molecule has 2 aromatic heterocycles. The second-order valence-corrected chi connectivity index (χ2v) is 9.61. The van der Waals surface area contributed by atoms with Crippen molar-refractivity contribution < 1.29 is 41.0 Å². The van der Waals surface area contributed by atoms with Crippen molar-refractivity contribution in [3.8, 4) is 0 Å². The van der Waals surface area contributed by atoms with E-state index in [1.54, 1.807) is 14.9 Å². The number of hydrogen-bond acceptors (Lipinski definition) is 9. The third-order valence-corrected chi connectivity index (χ3v) is 6.88. The van der Waals surface area contributed by atoms with Gasteiger partial charge in [0, 0.05) is 44.5 Å².